The highest BCUT2D eigenvalue weighted by Crippen LogP contribution is 2.24. The van der Waals surface area contributed by atoms with E-state index in [4.69, 9.17) is 5.11 Å². The minimum Gasteiger partial charge on any atom is -0.477 e. The number of hydrogen-bond donors (Lipinski definition) is 3. The number of nitrogens with one attached hydrogen (secondary N) is 2. The number of carboxylic acids is 1. The summed E-state index contributed by atoms with van der Waals surface area (Å²) in [5.74, 6) is -0.0614. The summed E-state index contributed by atoms with van der Waals surface area (Å²) in [6, 6.07) is 0. The average molecular weight is 296 g/mol. The number of H-pyrrole nitrogens is 1. The van der Waals surface area contributed by atoms with Gasteiger partial charge in [0.25, 0.3) is 5.91 Å². The Morgan fingerprint density at radius 3 is 2.70 bits per heavy atom. The molecule has 1 aromatic rings. The van der Waals surface area contributed by atoms with Crippen molar-refractivity contribution in [2.75, 3.05) is 12.3 Å². The van der Waals surface area contributed by atoms with E-state index < -0.39 is 5.97 Å². The Labute approximate surface area is 122 Å². The molecule has 1 saturated heterocycles. The highest BCUT2D eigenvalue weighted by atomic mass is 32.2. The van der Waals surface area contributed by atoms with Gasteiger partial charge in [-0.2, -0.15) is 11.8 Å². The van der Waals surface area contributed by atoms with Crippen LogP contribution in [-0.4, -0.2) is 39.5 Å². The second kappa shape index (κ2) is 6.35. The Hall–Kier alpha value is -1.43. The van der Waals surface area contributed by atoms with Gasteiger partial charge in [-0.05, 0) is 38.0 Å². The normalized spacial score (nSPS) is 18.8. The molecule has 1 amide bonds. The molecule has 3 N–H and O–H groups in total. The first kappa shape index (κ1) is 15.0. The van der Waals surface area contributed by atoms with E-state index in [2.05, 4.69) is 10.3 Å². The standard InChI is InChI=1S/C14H20N2O3S/c1-8-11(9(2)16-12(8)14(18)19)13(17)15-7-10-5-3-4-6-20-10/h10,16H,3-7H2,1-2H3,(H,15,17)(H,18,19). The summed E-state index contributed by atoms with van der Waals surface area (Å²) in [6.07, 6.45) is 3.61. The number of hydrogen-bond acceptors (Lipinski definition) is 3. The number of aryl methyl sites for hydroxylation is 1. The van der Waals surface area contributed by atoms with Crippen molar-refractivity contribution in [3.63, 3.8) is 0 Å². The van der Waals surface area contributed by atoms with Crippen molar-refractivity contribution >= 4 is 23.6 Å². The van der Waals surface area contributed by atoms with Crippen LogP contribution in [0.3, 0.4) is 0 Å². The number of aromatic nitrogens is 1. The number of rotatable bonds is 4. The van der Waals surface area contributed by atoms with E-state index in [1.165, 1.54) is 12.8 Å². The van der Waals surface area contributed by atoms with Crippen molar-refractivity contribution in [3.8, 4) is 0 Å². The van der Waals surface area contributed by atoms with E-state index in [1.54, 1.807) is 13.8 Å². The molecule has 0 spiro atoms. The molecule has 0 radical (unpaired) electrons. The van der Waals surface area contributed by atoms with E-state index in [1.807, 2.05) is 11.8 Å². The van der Waals surface area contributed by atoms with Gasteiger partial charge < -0.3 is 15.4 Å². The van der Waals surface area contributed by atoms with Crippen molar-refractivity contribution in [3.05, 3.63) is 22.5 Å². The van der Waals surface area contributed by atoms with E-state index in [0.717, 1.165) is 12.2 Å². The Morgan fingerprint density at radius 1 is 1.40 bits per heavy atom. The van der Waals surface area contributed by atoms with Crippen LogP contribution in [0.5, 0.6) is 0 Å². The van der Waals surface area contributed by atoms with Gasteiger partial charge in [0.15, 0.2) is 0 Å². The minimum absolute atomic E-state index is 0.0969. The fourth-order valence-electron chi connectivity index (χ4n) is 2.57. The quantitative estimate of drug-likeness (QED) is 0.796. The Balaban J connectivity index is 2.03. The maximum atomic E-state index is 12.2. The zero-order valence-electron chi connectivity index (χ0n) is 11.8. The highest BCUT2D eigenvalue weighted by molar-refractivity contribution is 7.99. The van der Waals surface area contributed by atoms with Crippen LogP contribution in [-0.2, 0) is 0 Å². The lowest BCUT2D eigenvalue weighted by Crippen LogP contribution is -2.32. The number of carbonyl (C=O) groups is 2. The molecule has 0 saturated carbocycles. The van der Waals surface area contributed by atoms with Crippen LogP contribution >= 0.6 is 11.8 Å². The van der Waals surface area contributed by atoms with Gasteiger partial charge in [0.1, 0.15) is 5.69 Å². The van der Waals surface area contributed by atoms with Gasteiger partial charge in [-0.15, -0.1) is 0 Å². The van der Waals surface area contributed by atoms with Gasteiger partial charge in [-0.3, -0.25) is 4.79 Å². The lowest BCUT2D eigenvalue weighted by molar-refractivity contribution is 0.0690. The number of carbonyl (C=O) groups excluding carboxylic acids is 1. The van der Waals surface area contributed by atoms with E-state index in [0.29, 0.717) is 28.6 Å². The van der Waals surface area contributed by atoms with Crippen LogP contribution in [0, 0.1) is 13.8 Å². The topological polar surface area (TPSA) is 82.2 Å². The fourth-order valence-corrected chi connectivity index (χ4v) is 3.81. The monoisotopic (exact) mass is 296 g/mol. The number of aromatic amines is 1. The van der Waals surface area contributed by atoms with E-state index in [-0.39, 0.29) is 11.6 Å². The van der Waals surface area contributed by atoms with E-state index >= 15 is 0 Å². The number of thioether (sulfide) groups is 1. The number of carboxylic acid groups (broad SMARTS) is 1. The Kier molecular flexibility index (Phi) is 4.75. The number of aromatic carboxylic acids is 1. The fraction of sp³-hybridized carbons (Fsp3) is 0.571. The molecule has 0 aliphatic carbocycles. The largest absolute Gasteiger partial charge is 0.477 e. The van der Waals surface area contributed by atoms with Gasteiger partial charge in [0.05, 0.1) is 5.56 Å². The molecule has 2 rings (SSSR count). The second-order valence-corrected chi connectivity index (χ2v) is 6.54. The van der Waals surface area contributed by atoms with Crippen molar-refractivity contribution in [1.29, 1.82) is 0 Å². The van der Waals surface area contributed by atoms with Crippen LogP contribution in [0.15, 0.2) is 0 Å². The lowest BCUT2D eigenvalue weighted by atomic mass is 10.1. The Morgan fingerprint density at radius 2 is 2.15 bits per heavy atom. The first-order valence-electron chi connectivity index (χ1n) is 6.83. The predicted octanol–water partition coefficient (Wildman–Crippen LogP) is 2.35. The van der Waals surface area contributed by atoms with Crippen LogP contribution in [0.25, 0.3) is 0 Å². The molecule has 20 heavy (non-hydrogen) atoms. The van der Waals surface area contributed by atoms with Crippen LogP contribution < -0.4 is 5.32 Å². The number of amides is 1. The summed E-state index contributed by atoms with van der Waals surface area (Å²) in [5.41, 5.74) is 1.67. The molecule has 2 heterocycles. The zero-order valence-corrected chi connectivity index (χ0v) is 12.6. The molecule has 1 atom stereocenters. The van der Waals surface area contributed by atoms with Gasteiger partial charge >= 0.3 is 5.97 Å². The second-order valence-electron chi connectivity index (χ2n) is 5.13. The summed E-state index contributed by atoms with van der Waals surface area (Å²) in [6.45, 7) is 4.04. The summed E-state index contributed by atoms with van der Waals surface area (Å²) < 4.78 is 0. The summed E-state index contributed by atoms with van der Waals surface area (Å²) >= 11 is 1.90. The smallest absolute Gasteiger partial charge is 0.352 e. The average Bonchev–Trinajstić information content (AvgIpc) is 2.73. The Bertz CT molecular complexity index is 519. The molecular formula is C14H20N2O3S. The summed E-state index contributed by atoms with van der Waals surface area (Å²) in [4.78, 5) is 26.0. The van der Waals surface area contributed by atoms with Crippen molar-refractivity contribution in [1.82, 2.24) is 10.3 Å². The molecule has 1 unspecified atom stereocenters. The van der Waals surface area contributed by atoms with Crippen molar-refractivity contribution in [2.24, 2.45) is 0 Å². The third kappa shape index (κ3) is 3.17. The minimum atomic E-state index is -1.03. The molecule has 1 aromatic heterocycles. The SMILES string of the molecule is Cc1[nH]c(C(=O)O)c(C)c1C(=O)NCC1CCCCS1. The summed E-state index contributed by atoms with van der Waals surface area (Å²) in [7, 11) is 0. The third-order valence-corrected chi connectivity index (χ3v) is 5.04. The van der Waals surface area contributed by atoms with Crippen LogP contribution in [0.2, 0.25) is 0 Å². The zero-order chi connectivity index (χ0) is 14.7. The van der Waals surface area contributed by atoms with Gasteiger partial charge in [0.2, 0.25) is 0 Å². The molecule has 1 aliphatic rings. The van der Waals surface area contributed by atoms with Crippen molar-refractivity contribution < 1.29 is 14.7 Å². The lowest BCUT2D eigenvalue weighted by Gasteiger charge is -2.21. The molecule has 5 nitrogen and oxygen atoms in total. The first-order chi connectivity index (χ1) is 9.50. The van der Waals surface area contributed by atoms with Crippen molar-refractivity contribution in [2.45, 2.75) is 38.4 Å². The molecular weight excluding hydrogens is 276 g/mol. The van der Waals surface area contributed by atoms with Crippen LogP contribution in [0.4, 0.5) is 0 Å². The molecule has 6 heteroatoms. The summed E-state index contributed by atoms with van der Waals surface area (Å²) in [5, 5.41) is 12.5. The molecule has 110 valence electrons. The predicted molar refractivity (Wildman–Crippen MR) is 79.7 cm³/mol. The van der Waals surface area contributed by atoms with Gasteiger partial charge in [-0.25, -0.2) is 4.79 Å². The highest BCUT2D eigenvalue weighted by Gasteiger charge is 2.22. The maximum absolute atomic E-state index is 12.2. The first-order valence-corrected chi connectivity index (χ1v) is 7.88. The third-order valence-electron chi connectivity index (χ3n) is 3.64. The molecule has 0 aromatic carbocycles. The van der Waals surface area contributed by atoms with Gasteiger partial charge in [-0.1, -0.05) is 6.42 Å². The van der Waals surface area contributed by atoms with E-state index in [9.17, 15) is 9.59 Å². The van der Waals surface area contributed by atoms with Gasteiger partial charge in [0, 0.05) is 17.5 Å². The van der Waals surface area contributed by atoms with Crippen LogP contribution in [0.1, 0.15) is 51.4 Å². The maximum Gasteiger partial charge on any atom is 0.352 e. The molecule has 0 bridgehead atoms. The molecule has 1 fully saturated rings. The molecule has 1 aliphatic heterocycles.